The second-order valence-corrected chi connectivity index (χ2v) is 4.71. The molecule has 1 heterocycles. The first-order valence-electron chi connectivity index (χ1n) is 5.91. The molecule has 1 aromatic carbocycles. The smallest absolute Gasteiger partial charge is 0.321 e. The van der Waals surface area contributed by atoms with Crippen molar-refractivity contribution in [1.29, 1.82) is 5.26 Å². The van der Waals surface area contributed by atoms with E-state index >= 15 is 0 Å². The molecule has 0 saturated carbocycles. The van der Waals surface area contributed by atoms with E-state index in [0.717, 1.165) is 12.8 Å². The molecule has 1 N–H and O–H groups in total. The van der Waals surface area contributed by atoms with Gasteiger partial charge in [0.05, 0.1) is 16.8 Å². The Kier molecular flexibility index (Phi) is 4.06. The number of hydrogen-bond acceptors (Lipinski definition) is 2. The van der Waals surface area contributed by atoms with Crippen LogP contribution in [-0.4, -0.2) is 24.0 Å². The van der Waals surface area contributed by atoms with Crippen LogP contribution in [0.1, 0.15) is 12.8 Å². The summed E-state index contributed by atoms with van der Waals surface area (Å²) in [5.74, 6) is 0.0781. The summed E-state index contributed by atoms with van der Waals surface area (Å²) in [6.07, 6.45) is 1.49. The van der Waals surface area contributed by atoms with Crippen LogP contribution < -0.4 is 5.32 Å². The van der Waals surface area contributed by atoms with Crippen LogP contribution in [0.5, 0.6) is 0 Å². The molecule has 4 nitrogen and oxygen atoms in total. The SMILES string of the molecule is N#CC1CCN(C(=O)Nc2ccccc2Cl)CC1. The molecule has 1 fully saturated rings. The predicted octanol–water partition coefficient (Wildman–Crippen LogP) is 3.11. The molecule has 5 heteroatoms. The number of nitriles is 1. The number of nitrogens with zero attached hydrogens (tertiary/aromatic N) is 2. The first-order chi connectivity index (χ1) is 8.70. The fourth-order valence-electron chi connectivity index (χ4n) is 1.97. The molecule has 0 radical (unpaired) electrons. The maximum Gasteiger partial charge on any atom is 0.321 e. The molecule has 0 unspecified atom stereocenters. The molecule has 94 valence electrons. The van der Waals surface area contributed by atoms with Gasteiger partial charge in [0.2, 0.25) is 0 Å². The Morgan fingerprint density at radius 3 is 2.67 bits per heavy atom. The van der Waals surface area contributed by atoms with Gasteiger partial charge in [0.25, 0.3) is 0 Å². The fraction of sp³-hybridized carbons (Fsp3) is 0.385. The molecule has 0 aromatic heterocycles. The van der Waals surface area contributed by atoms with Gasteiger partial charge in [-0.05, 0) is 25.0 Å². The molecule has 0 aliphatic carbocycles. The van der Waals surface area contributed by atoms with Crippen LogP contribution in [0.25, 0.3) is 0 Å². The number of urea groups is 1. The molecule has 0 spiro atoms. The van der Waals surface area contributed by atoms with Crippen LogP contribution in [0.4, 0.5) is 10.5 Å². The Labute approximate surface area is 111 Å². The highest BCUT2D eigenvalue weighted by molar-refractivity contribution is 6.33. The van der Waals surface area contributed by atoms with E-state index in [1.54, 1.807) is 17.0 Å². The van der Waals surface area contributed by atoms with Gasteiger partial charge in [0.15, 0.2) is 0 Å². The highest BCUT2D eigenvalue weighted by Crippen LogP contribution is 2.22. The first kappa shape index (κ1) is 12.7. The van der Waals surface area contributed by atoms with Crippen LogP contribution in [0.15, 0.2) is 24.3 Å². The van der Waals surface area contributed by atoms with Gasteiger partial charge in [-0.25, -0.2) is 4.79 Å². The third-order valence-corrected chi connectivity index (χ3v) is 3.41. The molecule has 2 amide bonds. The van der Waals surface area contributed by atoms with Gasteiger partial charge in [-0.3, -0.25) is 0 Å². The summed E-state index contributed by atoms with van der Waals surface area (Å²) in [7, 11) is 0. The van der Waals surface area contributed by atoms with Gasteiger partial charge in [-0.1, -0.05) is 23.7 Å². The average molecular weight is 264 g/mol. The van der Waals surface area contributed by atoms with Crippen LogP contribution in [-0.2, 0) is 0 Å². The van der Waals surface area contributed by atoms with Gasteiger partial charge >= 0.3 is 6.03 Å². The van der Waals surface area contributed by atoms with Crippen molar-refractivity contribution in [2.45, 2.75) is 12.8 Å². The summed E-state index contributed by atoms with van der Waals surface area (Å²) in [5.41, 5.74) is 0.617. The average Bonchev–Trinajstić information content (AvgIpc) is 2.41. The van der Waals surface area contributed by atoms with E-state index in [-0.39, 0.29) is 11.9 Å². The topological polar surface area (TPSA) is 56.1 Å². The summed E-state index contributed by atoms with van der Waals surface area (Å²) in [5, 5.41) is 12.1. The van der Waals surface area contributed by atoms with Crippen molar-refractivity contribution < 1.29 is 4.79 Å². The predicted molar refractivity (Wildman–Crippen MR) is 70.4 cm³/mol. The number of benzene rings is 1. The van der Waals surface area contributed by atoms with E-state index in [9.17, 15) is 4.79 Å². The number of carbonyl (C=O) groups is 1. The Bertz CT molecular complexity index is 475. The minimum Gasteiger partial charge on any atom is -0.324 e. The zero-order valence-corrected chi connectivity index (χ0v) is 10.7. The highest BCUT2D eigenvalue weighted by Gasteiger charge is 2.22. The maximum atomic E-state index is 12.0. The number of amides is 2. The fourth-order valence-corrected chi connectivity index (χ4v) is 2.15. The normalized spacial score (nSPS) is 16.1. The molecular formula is C13H14ClN3O. The molecule has 1 aromatic rings. The van der Waals surface area contributed by atoms with Gasteiger partial charge < -0.3 is 10.2 Å². The van der Waals surface area contributed by atoms with Crippen molar-refractivity contribution in [3.63, 3.8) is 0 Å². The number of rotatable bonds is 1. The quantitative estimate of drug-likeness (QED) is 0.846. The minimum atomic E-state index is -0.153. The summed E-state index contributed by atoms with van der Waals surface area (Å²) in [4.78, 5) is 13.7. The van der Waals surface area contributed by atoms with E-state index in [0.29, 0.717) is 23.8 Å². The number of nitrogens with one attached hydrogen (secondary N) is 1. The van der Waals surface area contributed by atoms with Gasteiger partial charge in [-0.15, -0.1) is 0 Å². The third kappa shape index (κ3) is 2.93. The van der Waals surface area contributed by atoms with Crippen molar-refractivity contribution in [1.82, 2.24) is 4.90 Å². The van der Waals surface area contributed by atoms with Crippen molar-refractivity contribution in [3.8, 4) is 6.07 Å². The lowest BCUT2D eigenvalue weighted by atomic mass is 9.99. The van der Waals surface area contributed by atoms with E-state index in [4.69, 9.17) is 16.9 Å². The van der Waals surface area contributed by atoms with Gasteiger partial charge in [0.1, 0.15) is 0 Å². The Balaban J connectivity index is 1.94. The number of piperidine rings is 1. The number of hydrogen-bond donors (Lipinski definition) is 1. The zero-order chi connectivity index (χ0) is 13.0. The van der Waals surface area contributed by atoms with E-state index in [1.807, 2.05) is 12.1 Å². The molecule has 0 atom stereocenters. The molecule has 18 heavy (non-hydrogen) atoms. The number of anilines is 1. The number of likely N-dealkylation sites (tertiary alicyclic amines) is 1. The molecule has 1 aliphatic rings. The van der Waals surface area contributed by atoms with E-state index < -0.39 is 0 Å². The number of para-hydroxylation sites is 1. The highest BCUT2D eigenvalue weighted by atomic mass is 35.5. The summed E-state index contributed by atoms with van der Waals surface area (Å²) in [6.45, 7) is 1.24. The maximum absolute atomic E-state index is 12.0. The van der Waals surface area contributed by atoms with E-state index in [1.165, 1.54) is 0 Å². The molecule has 1 saturated heterocycles. The van der Waals surface area contributed by atoms with Crippen LogP contribution in [0.2, 0.25) is 5.02 Å². The largest absolute Gasteiger partial charge is 0.324 e. The zero-order valence-electron chi connectivity index (χ0n) is 9.90. The van der Waals surface area contributed by atoms with Gasteiger partial charge in [0, 0.05) is 19.0 Å². The number of halogens is 1. The standard InChI is InChI=1S/C13H14ClN3O/c14-11-3-1-2-4-12(11)16-13(18)17-7-5-10(9-15)6-8-17/h1-4,10H,5-8H2,(H,16,18). The van der Waals surface area contributed by atoms with Crippen LogP contribution in [0.3, 0.4) is 0 Å². The lowest BCUT2D eigenvalue weighted by molar-refractivity contribution is 0.192. The van der Waals surface area contributed by atoms with Crippen LogP contribution in [0, 0.1) is 17.2 Å². The summed E-state index contributed by atoms with van der Waals surface area (Å²) >= 11 is 5.98. The Morgan fingerprint density at radius 2 is 2.06 bits per heavy atom. The van der Waals surface area contributed by atoms with Gasteiger partial charge in [-0.2, -0.15) is 5.26 Å². The summed E-state index contributed by atoms with van der Waals surface area (Å²) < 4.78 is 0. The van der Waals surface area contributed by atoms with E-state index in [2.05, 4.69) is 11.4 Å². The molecule has 1 aliphatic heterocycles. The molecule has 0 bridgehead atoms. The summed E-state index contributed by atoms with van der Waals surface area (Å²) in [6, 6.07) is 9.23. The number of carbonyl (C=O) groups excluding carboxylic acids is 1. The lowest BCUT2D eigenvalue weighted by Gasteiger charge is -2.29. The minimum absolute atomic E-state index is 0.0781. The second kappa shape index (κ2) is 5.74. The first-order valence-corrected chi connectivity index (χ1v) is 6.28. The van der Waals surface area contributed by atoms with Crippen molar-refractivity contribution >= 4 is 23.3 Å². The molecular weight excluding hydrogens is 250 g/mol. The Morgan fingerprint density at radius 1 is 1.39 bits per heavy atom. The van der Waals surface area contributed by atoms with Crippen LogP contribution >= 0.6 is 11.6 Å². The van der Waals surface area contributed by atoms with Crippen molar-refractivity contribution in [2.75, 3.05) is 18.4 Å². The van der Waals surface area contributed by atoms with Crippen molar-refractivity contribution in [3.05, 3.63) is 29.3 Å². The second-order valence-electron chi connectivity index (χ2n) is 4.30. The molecule has 2 rings (SSSR count). The lowest BCUT2D eigenvalue weighted by Crippen LogP contribution is -2.40. The Hall–Kier alpha value is -1.73. The van der Waals surface area contributed by atoms with Crippen molar-refractivity contribution in [2.24, 2.45) is 5.92 Å². The monoisotopic (exact) mass is 263 g/mol. The third-order valence-electron chi connectivity index (χ3n) is 3.08.